The van der Waals surface area contributed by atoms with Crippen LogP contribution in [0.3, 0.4) is 0 Å². The summed E-state index contributed by atoms with van der Waals surface area (Å²) >= 11 is 0. The quantitative estimate of drug-likeness (QED) is 0.699. The molecule has 2 rings (SSSR count). The second kappa shape index (κ2) is 9.93. The second-order valence-corrected chi connectivity index (χ2v) is 7.08. The lowest BCUT2D eigenvalue weighted by molar-refractivity contribution is -0.122. The van der Waals surface area contributed by atoms with Crippen molar-refractivity contribution in [1.82, 2.24) is 5.32 Å². The van der Waals surface area contributed by atoms with Crippen molar-refractivity contribution in [2.24, 2.45) is 0 Å². The predicted octanol–water partition coefficient (Wildman–Crippen LogP) is 4.63. The van der Waals surface area contributed by atoms with Gasteiger partial charge in [0.1, 0.15) is 5.75 Å². The van der Waals surface area contributed by atoms with Crippen LogP contribution in [0.25, 0.3) is 0 Å². The zero-order valence-electron chi connectivity index (χ0n) is 17.3. The molecule has 0 aromatic heterocycles. The number of aryl methyl sites for hydroxylation is 2. The number of hydrogen-bond donors (Lipinski definition) is 2. The van der Waals surface area contributed by atoms with Gasteiger partial charge in [0.25, 0.3) is 11.8 Å². The minimum Gasteiger partial charge on any atom is -0.481 e. The van der Waals surface area contributed by atoms with Crippen LogP contribution in [0, 0.1) is 13.8 Å². The first-order valence-electron chi connectivity index (χ1n) is 9.80. The molecule has 5 nitrogen and oxygen atoms in total. The fourth-order valence-corrected chi connectivity index (χ4v) is 2.68. The number of amides is 2. The van der Waals surface area contributed by atoms with E-state index in [0.717, 1.165) is 12.0 Å². The van der Waals surface area contributed by atoms with Crippen molar-refractivity contribution in [2.45, 2.75) is 59.6 Å². The van der Waals surface area contributed by atoms with Crippen molar-refractivity contribution in [3.8, 4) is 5.75 Å². The summed E-state index contributed by atoms with van der Waals surface area (Å²) in [5.74, 6) is 0.186. The second-order valence-electron chi connectivity index (χ2n) is 7.08. The molecule has 0 saturated heterocycles. The minimum absolute atomic E-state index is 0.0627. The van der Waals surface area contributed by atoms with Crippen LogP contribution < -0.4 is 15.4 Å². The first kappa shape index (κ1) is 21.5. The van der Waals surface area contributed by atoms with Crippen LogP contribution in [-0.4, -0.2) is 24.0 Å². The zero-order valence-corrected chi connectivity index (χ0v) is 17.3. The molecule has 5 heteroatoms. The maximum Gasteiger partial charge on any atom is 0.265 e. The van der Waals surface area contributed by atoms with Gasteiger partial charge in [0, 0.05) is 6.04 Å². The van der Waals surface area contributed by atoms with Crippen LogP contribution in [0.4, 0.5) is 5.69 Å². The first-order valence-corrected chi connectivity index (χ1v) is 9.80. The number of carbonyl (C=O) groups excluding carboxylic acids is 2. The molecule has 2 amide bonds. The standard InChI is InChI=1S/C23H30N2O3/c1-6-17(5)24-22(26)19-10-8-9-11-20(19)25-23(27)21(7-2)28-18-13-12-15(3)16(4)14-18/h8-14,17,21H,6-7H2,1-5H3,(H,24,26)(H,25,27)/t17-,21+/m1/s1. The van der Waals surface area contributed by atoms with Crippen LogP contribution in [0.1, 0.15) is 55.1 Å². The van der Waals surface area contributed by atoms with Crippen molar-refractivity contribution >= 4 is 17.5 Å². The number of carbonyl (C=O) groups is 2. The fraction of sp³-hybridized carbons (Fsp3) is 0.391. The lowest BCUT2D eigenvalue weighted by atomic mass is 10.1. The van der Waals surface area contributed by atoms with Crippen LogP contribution in [0.5, 0.6) is 5.75 Å². The van der Waals surface area contributed by atoms with Crippen molar-refractivity contribution in [2.75, 3.05) is 5.32 Å². The molecule has 0 aliphatic heterocycles. The van der Waals surface area contributed by atoms with Gasteiger partial charge in [0.15, 0.2) is 6.10 Å². The molecule has 0 spiro atoms. The number of anilines is 1. The van der Waals surface area contributed by atoms with Gasteiger partial charge < -0.3 is 15.4 Å². The molecule has 0 bridgehead atoms. The van der Waals surface area contributed by atoms with Gasteiger partial charge in [-0.1, -0.05) is 32.0 Å². The highest BCUT2D eigenvalue weighted by Crippen LogP contribution is 2.20. The minimum atomic E-state index is -0.646. The molecule has 0 fully saturated rings. The van der Waals surface area contributed by atoms with Gasteiger partial charge in [-0.2, -0.15) is 0 Å². The maximum atomic E-state index is 12.8. The normalized spacial score (nSPS) is 12.8. The van der Waals surface area contributed by atoms with E-state index in [1.807, 2.05) is 52.8 Å². The Morgan fingerprint density at radius 2 is 1.71 bits per heavy atom. The molecule has 2 N–H and O–H groups in total. The lowest BCUT2D eigenvalue weighted by Gasteiger charge is -2.19. The van der Waals surface area contributed by atoms with Gasteiger partial charge in [-0.3, -0.25) is 9.59 Å². The van der Waals surface area contributed by atoms with Gasteiger partial charge >= 0.3 is 0 Å². The van der Waals surface area contributed by atoms with E-state index >= 15 is 0 Å². The Kier molecular flexibility index (Phi) is 7.61. The SMILES string of the molecule is CC[C@@H](C)NC(=O)c1ccccc1NC(=O)[C@H](CC)Oc1ccc(C)c(C)c1. The summed E-state index contributed by atoms with van der Waals surface area (Å²) in [6.45, 7) is 9.89. The predicted molar refractivity (Wildman–Crippen MR) is 113 cm³/mol. The van der Waals surface area contributed by atoms with Crippen molar-refractivity contribution in [1.29, 1.82) is 0 Å². The first-order chi connectivity index (χ1) is 13.3. The molecular formula is C23H30N2O3. The van der Waals surface area contributed by atoms with Crippen LogP contribution >= 0.6 is 0 Å². The number of nitrogens with one attached hydrogen (secondary N) is 2. The number of para-hydroxylation sites is 1. The Labute approximate surface area is 167 Å². The van der Waals surface area contributed by atoms with Crippen molar-refractivity contribution in [3.63, 3.8) is 0 Å². The Hall–Kier alpha value is -2.82. The molecule has 0 aliphatic carbocycles. The highest BCUT2D eigenvalue weighted by atomic mass is 16.5. The van der Waals surface area contributed by atoms with Crippen LogP contribution in [0.2, 0.25) is 0 Å². The van der Waals surface area contributed by atoms with E-state index in [2.05, 4.69) is 10.6 Å². The zero-order chi connectivity index (χ0) is 20.7. The molecule has 2 atom stereocenters. The highest BCUT2D eigenvalue weighted by molar-refractivity contribution is 6.04. The summed E-state index contributed by atoms with van der Waals surface area (Å²) in [5.41, 5.74) is 3.21. The van der Waals surface area contributed by atoms with Gasteiger partial charge in [-0.15, -0.1) is 0 Å². The largest absolute Gasteiger partial charge is 0.481 e. The number of ether oxygens (including phenoxy) is 1. The number of rotatable bonds is 8. The highest BCUT2D eigenvalue weighted by Gasteiger charge is 2.21. The fourth-order valence-electron chi connectivity index (χ4n) is 2.68. The number of hydrogen-bond acceptors (Lipinski definition) is 3. The van der Waals surface area contributed by atoms with Gasteiger partial charge in [-0.05, 0) is 69.0 Å². The monoisotopic (exact) mass is 382 g/mol. The van der Waals surface area contributed by atoms with Gasteiger partial charge in [-0.25, -0.2) is 0 Å². The molecule has 2 aromatic carbocycles. The van der Waals surface area contributed by atoms with E-state index in [-0.39, 0.29) is 17.9 Å². The van der Waals surface area contributed by atoms with Crippen molar-refractivity contribution < 1.29 is 14.3 Å². The smallest absolute Gasteiger partial charge is 0.265 e. The Morgan fingerprint density at radius 1 is 1.00 bits per heavy atom. The molecule has 0 radical (unpaired) electrons. The van der Waals surface area contributed by atoms with E-state index in [1.165, 1.54) is 5.56 Å². The van der Waals surface area contributed by atoms with E-state index in [4.69, 9.17) is 4.74 Å². The van der Waals surface area contributed by atoms with Crippen LogP contribution in [-0.2, 0) is 4.79 Å². The third-order valence-corrected chi connectivity index (χ3v) is 4.84. The summed E-state index contributed by atoms with van der Waals surface area (Å²) in [5, 5.41) is 5.79. The summed E-state index contributed by atoms with van der Waals surface area (Å²) < 4.78 is 5.90. The van der Waals surface area contributed by atoms with E-state index < -0.39 is 6.10 Å². The average Bonchev–Trinajstić information content (AvgIpc) is 2.68. The molecule has 0 saturated carbocycles. The number of benzene rings is 2. The van der Waals surface area contributed by atoms with Gasteiger partial charge in [0.05, 0.1) is 11.3 Å². The Bertz CT molecular complexity index is 832. The third-order valence-electron chi connectivity index (χ3n) is 4.84. The topological polar surface area (TPSA) is 67.4 Å². The average molecular weight is 383 g/mol. The summed E-state index contributed by atoms with van der Waals surface area (Å²) in [6, 6.07) is 12.8. The molecule has 0 aliphatic rings. The molecular weight excluding hydrogens is 352 g/mol. The van der Waals surface area contributed by atoms with E-state index in [1.54, 1.807) is 24.3 Å². The Balaban J connectivity index is 2.14. The van der Waals surface area contributed by atoms with E-state index in [9.17, 15) is 9.59 Å². The molecule has 0 heterocycles. The van der Waals surface area contributed by atoms with Gasteiger partial charge in [0.2, 0.25) is 0 Å². The Morgan fingerprint density at radius 3 is 2.36 bits per heavy atom. The lowest BCUT2D eigenvalue weighted by Crippen LogP contribution is -2.35. The third kappa shape index (κ3) is 5.59. The summed E-state index contributed by atoms with van der Waals surface area (Å²) in [6.07, 6.45) is 0.704. The molecule has 0 unspecified atom stereocenters. The summed E-state index contributed by atoms with van der Waals surface area (Å²) in [7, 11) is 0. The molecule has 28 heavy (non-hydrogen) atoms. The molecule has 150 valence electrons. The van der Waals surface area contributed by atoms with Crippen molar-refractivity contribution in [3.05, 3.63) is 59.2 Å². The summed E-state index contributed by atoms with van der Waals surface area (Å²) in [4.78, 5) is 25.3. The van der Waals surface area contributed by atoms with Crippen LogP contribution in [0.15, 0.2) is 42.5 Å². The molecule has 2 aromatic rings. The maximum absolute atomic E-state index is 12.8. The van der Waals surface area contributed by atoms with E-state index in [0.29, 0.717) is 23.4 Å².